The fourth-order valence-corrected chi connectivity index (χ4v) is 2.74. The molecular formula is C11H16O. The van der Waals surface area contributed by atoms with Gasteiger partial charge in [0.05, 0.1) is 0 Å². The largest absolute Gasteiger partial charge is 0.295 e. The van der Waals surface area contributed by atoms with Crippen LogP contribution >= 0.6 is 0 Å². The topological polar surface area (TPSA) is 17.1 Å². The van der Waals surface area contributed by atoms with Gasteiger partial charge in [-0.1, -0.05) is 19.4 Å². The van der Waals surface area contributed by atoms with Gasteiger partial charge in [0.25, 0.3) is 0 Å². The van der Waals surface area contributed by atoms with Gasteiger partial charge in [-0.2, -0.15) is 0 Å². The lowest BCUT2D eigenvalue weighted by molar-refractivity contribution is -0.114. The van der Waals surface area contributed by atoms with E-state index in [1.165, 1.54) is 24.8 Å². The number of carbonyl (C=O) groups is 1. The molecule has 0 aromatic heterocycles. The summed E-state index contributed by atoms with van der Waals surface area (Å²) in [7, 11) is 0. The molecule has 2 saturated carbocycles. The van der Waals surface area contributed by atoms with E-state index in [4.69, 9.17) is 0 Å². The third kappa shape index (κ3) is 1.12. The average molecular weight is 164 g/mol. The Morgan fingerprint density at radius 1 is 1.50 bits per heavy atom. The molecule has 0 radical (unpaired) electrons. The number of carbonyl (C=O) groups excluding carboxylic acids is 1. The van der Waals surface area contributed by atoms with Gasteiger partial charge in [-0.15, -0.1) is 0 Å². The van der Waals surface area contributed by atoms with Gasteiger partial charge in [0.15, 0.2) is 5.78 Å². The second kappa shape index (κ2) is 3.04. The van der Waals surface area contributed by atoms with Crippen molar-refractivity contribution in [2.45, 2.75) is 39.0 Å². The highest BCUT2D eigenvalue weighted by Gasteiger charge is 2.39. The Morgan fingerprint density at radius 3 is 3.08 bits per heavy atom. The van der Waals surface area contributed by atoms with Crippen LogP contribution in [0, 0.1) is 11.8 Å². The standard InChI is InChI=1S/C11H16O/c1-2-4-10-9-6-3-5-8(9)7-11(10)12/h4,8-9H,2-3,5-7H2,1H3/b10-4-/t8-,9-/m1/s1. The molecule has 2 rings (SSSR count). The number of hydrogen-bond donors (Lipinski definition) is 0. The van der Waals surface area contributed by atoms with Gasteiger partial charge < -0.3 is 0 Å². The Labute approximate surface area is 73.8 Å². The van der Waals surface area contributed by atoms with Crippen LogP contribution < -0.4 is 0 Å². The zero-order valence-corrected chi connectivity index (χ0v) is 7.68. The molecule has 0 unspecified atom stereocenters. The predicted molar refractivity (Wildman–Crippen MR) is 48.8 cm³/mol. The molecule has 66 valence electrons. The van der Waals surface area contributed by atoms with Crippen molar-refractivity contribution in [3.8, 4) is 0 Å². The van der Waals surface area contributed by atoms with Crippen LogP contribution in [0.15, 0.2) is 11.6 Å². The van der Waals surface area contributed by atoms with E-state index < -0.39 is 0 Å². The second-order valence-electron chi connectivity index (χ2n) is 3.99. The maximum absolute atomic E-state index is 11.5. The Kier molecular flexibility index (Phi) is 2.03. The highest BCUT2D eigenvalue weighted by Crippen LogP contribution is 2.45. The van der Waals surface area contributed by atoms with E-state index in [0.29, 0.717) is 11.7 Å². The molecule has 2 atom stereocenters. The summed E-state index contributed by atoms with van der Waals surface area (Å²) in [6.45, 7) is 2.11. The molecule has 0 N–H and O–H groups in total. The molecule has 0 saturated heterocycles. The first-order chi connectivity index (χ1) is 5.83. The first-order valence-corrected chi connectivity index (χ1v) is 5.06. The summed E-state index contributed by atoms with van der Waals surface area (Å²) in [5.41, 5.74) is 1.17. The zero-order chi connectivity index (χ0) is 8.55. The fraction of sp³-hybridized carbons (Fsp3) is 0.727. The molecule has 0 bridgehead atoms. The summed E-state index contributed by atoms with van der Waals surface area (Å²) in [6.07, 6.45) is 7.91. The van der Waals surface area contributed by atoms with Crippen LogP contribution in [0.4, 0.5) is 0 Å². The third-order valence-electron chi connectivity index (χ3n) is 3.25. The minimum Gasteiger partial charge on any atom is -0.295 e. The number of allylic oxidation sites excluding steroid dienone is 2. The SMILES string of the molecule is CC/C=C1\C(=O)C[C@H]2CCC[C@@H]12. The van der Waals surface area contributed by atoms with Crippen LogP contribution in [-0.2, 0) is 4.79 Å². The molecule has 0 heterocycles. The summed E-state index contributed by atoms with van der Waals surface area (Å²) in [4.78, 5) is 11.5. The molecule has 0 aliphatic heterocycles. The van der Waals surface area contributed by atoms with E-state index in [0.717, 1.165) is 18.8 Å². The molecule has 1 heteroatoms. The van der Waals surface area contributed by atoms with Gasteiger partial charge in [0.2, 0.25) is 0 Å². The minimum absolute atomic E-state index is 0.437. The van der Waals surface area contributed by atoms with E-state index in [-0.39, 0.29) is 0 Å². The van der Waals surface area contributed by atoms with E-state index in [1.807, 2.05) is 0 Å². The summed E-state index contributed by atoms with van der Waals surface area (Å²) in [5.74, 6) is 1.80. The van der Waals surface area contributed by atoms with E-state index in [1.54, 1.807) is 0 Å². The molecule has 0 aromatic rings. The maximum Gasteiger partial charge on any atom is 0.159 e. The lowest BCUT2D eigenvalue weighted by Crippen LogP contribution is -2.00. The van der Waals surface area contributed by atoms with Crippen molar-refractivity contribution in [3.63, 3.8) is 0 Å². The van der Waals surface area contributed by atoms with Crippen molar-refractivity contribution in [2.75, 3.05) is 0 Å². The van der Waals surface area contributed by atoms with Gasteiger partial charge in [-0.05, 0) is 36.7 Å². The van der Waals surface area contributed by atoms with Gasteiger partial charge >= 0.3 is 0 Å². The first kappa shape index (κ1) is 8.03. The van der Waals surface area contributed by atoms with Crippen molar-refractivity contribution in [1.29, 1.82) is 0 Å². The van der Waals surface area contributed by atoms with Crippen molar-refractivity contribution < 1.29 is 4.79 Å². The average Bonchev–Trinajstić information content (AvgIpc) is 2.56. The number of fused-ring (bicyclic) bond motifs is 1. The summed E-state index contributed by atoms with van der Waals surface area (Å²) < 4.78 is 0. The van der Waals surface area contributed by atoms with Crippen LogP contribution in [0.5, 0.6) is 0 Å². The monoisotopic (exact) mass is 164 g/mol. The molecule has 2 fully saturated rings. The summed E-state index contributed by atoms with van der Waals surface area (Å²) in [5, 5.41) is 0. The quantitative estimate of drug-likeness (QED) is 0.544. The lowest BCUT2D eigenvalue weighted by Gasteiger charge is -2.07. The van der Waals surface area contributed by atoms with Gasteiger partial charge in [0, 0.05) is 6.42 Å². The van der Waals surface area contributed by atoms with Crippen molar-refractivity contribution in [3.05, 3.63) is 11.6 Å². The molecule has 0 spiro atoms. The predicted octanol–water partition coefficient (Wildman–Crippen LogP) is 2.71. The Hall–Kier alpha value is -0.590. The van der Waals surface area contributed by atoms with Gasteiger partial charge in [-0.25, -0.2) is 0 Å². The highest BCUT2D eigenvalue weighted by molar-refractivity contribution is 5.98. The zero-order valence-electron chi connectivity index (χ0n) is 7.68. The molecule has 2 aliphatic carbocycles. The molecule has 12 heavy (non-hydrogen) atoms. The van der Waals surface area contributed by atoms with Crippen LogP contribution in [0.1, 0.15) is 39.0 Å². The first-order valence-electron chi connectivity index (χ1n) is 5.06. The number of rotatable bonds is 1. The number of Topliss-reactive ketones (excluding diaryl/α,β-unsaturated/α-hetero) is 1. The van der Waals surface area contributed by atoms with E-state index in [2.05, 4.69) is 13.0 Å². The molecule has 2 aliphatic rings. The lowest BCUT2D eigenvalue weighted by atomic mass is 9.96. The molecule has 0 amide bonds. The van der Waals surface area contributed by atoms with E-state index >= 15 is 0 Å². The second-order valence-corrected chi connectivity index (χ2v) is 3.99. The van der Waals surface area contributed by atoms with Crippen molar-refractivity contribution in [2.24, 2.45) is 11.8 Å². The Bertz CT molecular complexity index is 227. The van der Waals surface area contributed by atoms with Gasteiger partial charge in [-0.3, -0.25) is 4.79 Å². The van der Waals surface area contributed by atoms with Gasteiger partial charge in [0.1, 0.15) is 0 Å². The molecule has 1 nitrogen and oxygen atoms in total. The molecule has 0 aromatic carbocycles. The Morgan fingerprint density at radius 2 is 2.33 bits per heavy atom. The van der Waals surface area contributed by atoms with Crippen LogP contribution in [0.2, 0.25) is 0 Å². The number of ketones is 1. The molecular weight excluding hydrogens is 148 g/mol. The smallest absolute Gasteiger partial charge is 0.159 e. The third-order valence-corrected chi connectivity index (χ3v) is 3.25. The van der Waals surface area contributed by atoms with E-state index in [9.17, 15) is 4.79 Å². The van der Waals surface area contributed by atoms with Crippen LogP contribution in [0.25, 0.3) is 0 Å². The minimum atomic E-state index is 0.437. The van der Waals surface area contributed by atoms with Crippen molar-refractivity contribution >= 4 is 5.78 Å². The highest BCUT2D eigenvalue weighted by atomic mass is 16.1. The normalized spacial score (nSPS) is 37.8. The number of hydrogen-bond acceptors (Lipinski definition) is 1. The van der Waals surface area contributed by atoms with Crippen LogP contribution in [0.3, 0.4) is 0 Å². The Balaban J connectivity index is 2.21. The fourth-order valence-electron chi connectivity index (χ4n) is 2.74. The van der Waals surface area contributed by atoms with Crippen LogP contribution in [-0.4, -0.2) is 5.78 Å². The maximum atomic E-state index is 11.5. The summed E-state index contributed by atoms with van der Waals surface area (Å²) >= 11 is 0. The summed E-state index contributed by atoms with van der Waals surface area (Å²) in [6, 6.07) is 0. The van der Waals surface area contributed by atoms with Crippen molar-refractivity contribution in [1.82, 2.24) is 0 Å².